The zero-order valence-electron chi connectivity index (χ0n) is 11.9. The molecule has 0 aromatic rings. The van der Waals surface area contributed by atoms with Gasteiger partial charge in [0.1, 0.15) is 6.04 Å². The average molecular weight is 257 g/mol. The molecule has 2 N–H and O–H groups in total. The van der Waals surface area contributed by atoms with Crippen LogP contribution in [0.1, 0.15) is 26.2 Å². The Kier molecular flexibility index (Phi) is 6.60. The molecule has 0 amide bonds. The molecule has 0 heterocycles. The van der Waals surface area contributed by atoms with Gasteiger partial charge in [-0.2, -0.15) is 0 Å². The van der Waals surface area contributed by atoms with Crippen LogP contribution in [-0.2, 0) is 4.79 Å². The Hall–Kier alpha value is -0.650. The van der Waals surface area contributed by atoms with Crippen molar-refractivity contribution in [3.8, 4) is 0 Å². The van der Waals surface area contributed by atoms with E-state index in [-0.39, 0.29) is 0 Å². The van der Waals surface area contributed by atoms with Crippen molar-refractivity contribution in [3.63, 3.8) is 0 Å². The van der Waals surface area contributed by atoms with Crippen LogP contribution in [-0.4, -0.2) is 73.2 Å². The molecule has 1 fully saturated rings. The van der Waals surface area contributed by atoms with Crippen LogP contribution in [0.4, 0.5) is 0 Å². The molecule has 1 unspecified atom stereocenters. The van der Waals surface area contributed by atoms with Crippen LogP contribution in [0.2, 0.25) is 0 Å². The van der Waals surface area contributed by atoms with Crippen LogP contribution in [0.25, 0.3) is 0 Å². The highest BCUT2D eigenvalue weighted by molar-refractivity contribution is 5.73. The van der Waals surface area contributed by atoms with Gasteiger partial charge in [0.15, 0.2) is 0 Å². The van der Waals surface area contributed by atoms with E-state index in [0.29, 0.717) is 12.6 Å². The van der Waals surface area contributed by atoms with Gasteiger partial charge in [0.25, 0.3) is 0 Å². The summed E-state index contributed by atoms with van der Waals surface area (Å²) in [5.41, 5.74) is 0. The fraction of sp³-hybridized carbons (Fsp3) is 0.923. The van der Waals surface area contributed by atoms with Crippen molar-refractivity contribution >= 4 is 5.97 Å². The first-order valence-corrected chi connectivity index (χ1v) is 6.88. The van der Waals surface area contributed by atoms with Crippen molar-refractivity contribution in [3.05, 3.63) is 0 Å². The van der Waals surface area contributed by atoms with Crippen molar-refractivity contribution in [2.75, 3.05) is 40.3 Å². The summed E-state index contributed by atoms with van der Waals surface area (Å²) in [7, 11) is 4.09. The summed E-state index contributed by atoms with van der Waals surface area (Å²) < 4.78 is 0. The molecule has 5 heteroatoms. The highest BCUT2D eigenvalue weighted by Gasteiger charge is 2.29. The number of carboxylic acid groups (broad SMARTS) is 1. The predicted molar refractivity (Wildman–Crippen MR) is 72.9 cm³/mol. The van der Waals surface area contributed by atoms with Gasteiger partial charge in [-0.05, 0) is 39.9 Å². The number of nitrogens with one attached hydrogen (secondary N) is 1. The second-order valence-electron chi connectivity index (χ2n) is 5.44. The van der Waals surface area contributed by atoms with Crippen molar-refractivity contribution < 1.29 is 9.90 Å². The summed E-state index contributed by atoms with van der Waals surface area (Å²) in [6, 6.07) is 0.00892. The zero-order valence-corrected chi connectivity index (χ0v) is 11.9. The van der Waals surface area contributed by atoms with Crippen LogP contribution < -0.4 is 5.32 Å². The molecule has 0 aliphatic heterocycles. The molecule has 0 bridgehead atoms. The van der Waals surface area contributed by atoms with E-state index in [1.807, 2.05) is 14.1 Å². The molecule has 0 radical (unpaired) electrons. The van der Waals surface area contributed by atoms with Crippen molar-refractivity contribution in [2.45, 2.75) is 38.3 Å². The van der Waals surface area contributed by atoms with Gasteiger partial charge >= 0.3 is 5.97 Å². The minimum absolute atomic E-state index is 0.425. The van der Waals surface area contributed by atoms with E-state index in [4.69, 9.17) is 0 Å². The van der Waals surface area contributed by atoms with Gasteiger partial charge in [-0.15, -0.1) is 0 Å². The summed E-state index contributed by atoms with van der Waals surface area (Å²) in [6.07, 6.45) is 3.30. The first-order valence-electron chi connectivity index (χ1n) is 6.88. The Morgan fingerprint density at radius 3 is 2.44 bits per heavy atom. The maximum absolute atomic E-state index is 11.2. The molecular weight excluding hydrogens is 230 g/mol. The van der Waals surface area contributed by atoms with E-state index in [9.17, 15) is 9.90 Å². The summed E-state index contributed by atoms with van der Waals surface area (Å²) in [4.78, 5) is 15.6. The molecule has 5 nitrogen and oxygen atoms in total. The van der Waals surface area contributed by atoms with E-state index in [0.717, 1.165) is 38.9 Å². The third-order valence-corrected chi connectivity index (χ3v) is 3.16. The Bertz CT molecular complexity index is 255. The standard InChI is InChI=1S/C13H27N3O2/c1-4-7-16(9-8-15(2)3)10-12(13(17)18)14-11-5-6-11/h11-12,14H,4-10H2,1-3H3,(H,17,18). The van der Waals surface area contributed by atoms with Crippen molar-refractivity contribution in [1.29, 1.82) is 0 Å². The quantitative estimate of drug-likeness (QED) is 0.596. The number of hydrogen-bond acceptors (Lipinski definition) is 4. The molecule has 0 aromatic heterocycles. The summed E-state index contributed by atoms with van der Waals surface area (Å²) in [5, 5.41) is 12.5. The molecule has 0 aromatic carbocycles. The van der Waals surface area contributed by atoms with Crippen LogP contribution in [0.5, 0.6) is 0 Å². The maximum Gasteiger partial charge on any atom is 0.322 e. The lowest BCUT2D eigenvalue weighted by Gasteiger charge is -2.27. The van der Waals surface area contributed by atoms with Crippen LogP contribution in [0.15, 0.2) is 0 Å². The normalized spacial score (nSPS) is 17.4. The third kappa shape index (κ3) is 6.33. The number of nitrogens with zero attached hydrogens (tertiary/aromatic N) is 2. The predicted octanol–water partition coefficient (Wildman–Crippen LogP) is 0.465. The molecule has 1 rings (SSSR count). The fourth-order valence-corrected chi connectivity index (χ4v) is 1.95. The van der Waals surface area contributed by atoms with Crippen LogP contribution in [0.3, 0.4) is 0 Å². The van der Waals surface area contributed by atoms with Gasteiger partial charge in [-0.1, -0.05) is 6.92 Å². The lowest BCUT2D eigenvalue weighted by Crippen LogP contribution is -2.48. The van der Waals surface area contributed by atoms with E-state index in [2.05, 4.69) is 22.0 Å². The summed E-state index contributed by atoms with van der Waals surface area (Å²) >= 11 is 0. The third-order valence-electron chi connectivity index (χ3n) is 3.16. The van der Waals surface area contributed by atoms with E-state index < -0.39 is 12.0 Å². The average Bonchev–Trinajstić information content (AvgIpc) is 3.08. The maximum atomic E-state index is 11.2. The summed E-state index contributed by atoms with van der Waals surface area (Å²) in [6.45, 7) is 5.59. The molecule has 106 valence electrons. The van der Waals surface area contributed by atoms with Crippen LogP contribution >= 0.6 is 0 Å². The van der Waals surface area contributed by atoms with Gasteiger partial charge < -0.3 is 15.3 Å². The highest BCUT2D eigenvalue weighted by atomic mass is 16.4. The molecule has 1 aliphatic carbocycles. The Labute approximate surface area is 110 Å². The molecule has 0 spiro atoms. The smallest absolute Gasteiger partial charge is 0.322 e. The Morgan fingerprint density at radius 2 is 2.00 bits per heavy atom. The molecule has 0 saturated heterocycles. The minimum atomic E-state index is -0.729. The summed E-state index contributed by atoms with van der Waals surface area (Å²) in [5.74, 6) is -0.729. The number of aliphatic carboxylic acids is 1. The lowest BCUT2D eigenvalue weighted by atomic mass is 10.2. The van der Waals surface area contributed by atoms with Gasteiger partial charge in [-0.3, -0.25) is 9.69 Å². The second-order valence-corrected chi connectivity index (χ2v) is 5.44. The SMILES string of the molecule is CCCN(CCN(C)C)CC(NC1CC1)C(=O)O. The van der Waals surface area contributed by atoms with E-state index in [1.165, 1.54) is 0 Å². The number of carbonyl (C=O) groups is 1. The van der Waals surface area contributed by atoms with E-state index in [1.54, 1.807) is 0 Å². The fourth-order valence-electron chi connectivity index (χ4n) is 1.95. The molecular formula is C13H27N3O2. The Morgan fingerprint density at radius 1 is 1.33 bits per heavy atom. The van der Waals surface area contributed by atoms with Gasteiger partial charge in [0.2, 0.25) is 0 Å². The molecule has 1 atom stereocenters. The molecule has 18 heavy (non-hydrogen) atoms. The minimum Gasteiger partial charge on any atom is -0.480 e. The van der Waals surface area contributed by atoms with Gasteiger partial charge in [0, 0.05) is 25.7 Å². The van der Waals surface area contributed by atoms with Crippen molar-refractivity contribution in [2.24, 2.45) is 0 Å². The Balaban J connectivity index is 2.40. The number of likely N-dealkylation sites (N-methyl/N-ethyl adjacent to an activating group) is 1. The van der Waals surface area contributed by atoms with E-state index >= 15 is 0 Å². The monoisotopic (exact) mass is 257 g/mol. The first kappa shape index (κ1) is 15.4. The number of hydrogen-bond donors (Lipinski definition) is 2. The topological polar surface area (TPSA) is 55.8 Å². The van der Waals surface area contributed by atoms with Crippen LogP contribution in [0, 0.1) is 0 Å². The highest BCUT2D eigenvalue weighted by Crippen LogP contribution is 2.19. The molecule has 1 saturated carbocycles. The first-order chi connectivity index (χ1) is 8.52. The number of rotatable bonds is 10. The second kappa shape index (κ2) is 7.71. The van der Waals surface area contributed by atoms with Crippen molar-refractivity contribution in [1.82, 2.24) is 15.1 Å². The number of carboxylic acids is 1. The molecule has 1 aliphatic rings. The van der Waals surface area contributed by atoms with Gasteiger partial charge in [-0.25, -0.2) is 0 Å². The zero-order chi connectivity index (χ0) is 13.5. The lowest BCUT2D eigenvalue weighted by molar-refractivity contribution is -0.140. The van der Waals surface area contributed by atoms with Gasteiger partial charge in [0.05, 0.1) is 0 Å². The largest absolute Gasteiger partial charge is 0.480 e.